The van der Waals surface area contributed by atoms with Crippen LogP contribution in [-0.2, 0) is 0 Å². The van der Waals surface area contributed by atoms with Crippen molar-refractivity contribution in [1.29, 1.82) is 0 Å². The Morgan fingerprint density at radius 3 is 3.09 bits per heavy atom. The number of benzene rings is 1. The molecule has 0 spiro atoms. The molecule has 0 saturated heterocycles. The van der Waals surface area contributed by atoms with Crippen LogP contribution in [0.2, 0.25) is 0 Å². The van der Waals surface area contributed by atoms with Crippen LogP contribution in [0, 0.1) is 6.61 Å². The molecule has 0 aliphatic carbocycles. The third-order valence-corrected chi connectivity index (χ3v) is 1.66. The summed E-state index contributed by atoms with van der Waals surface area (Å²) in [6.07, 6.45) is 5.05. The van der Waals surface area contributed by atoms with Gasteiger partial charge in [-0.15, -0.1) is 0 Å². The lowest BCUT2D eigenvalue weighted by Crippen LogP contribution is -1.87. The summed E-state index contributed by atoms with van der Waals surface area (Å²) in [5.74, 6) is 0.946. The lowest BCUT2D eigenvalue weighted by molar-refractivity contribution is 0.405. The molecule has 0 unspecified atom stereocenters. The summed E-state index contributed by atoms with van der Waals surface area (Å²) >= 11 is 0. The topological polar surface area (TPSA) is 9.23 Å². The van der Waals surface area contributed by atoms with E-state index in [1.807, 2.05) is 30.9 Å². The second kappa shape index (κ2) is 2.79. The van der Waals surface area contributed by atoms with Crippen molar-refractivity contribution in [2.45, 2.75) is 6.42 Å². The third-order valence-electron chi connectivity index (χ3n) is 1.66. The van der Waals surface area contributed by atoms with Crippen molar-refractivity contribution >= 4 is 6.08 Å². The number of hydrogen-bond donors (Lipinski definition) is 0. The van der Waals surface area contributed by atoms with Crippen LogP contribution >= 0.6 is 0 Å². The molecular weight excluding hydrogens is 136 g/mol. The summed E-state index contributed by atoms with van der Waals surface area (Å²) in [6, 6.07) is 8.01. The molecule has 1 heteroatoms. The van der Waals surface area contributed by atoms with E-state index >= 15 is 0 Å². The van der Waals surface area contributed by atoms with Gasteiger partial charge in [0.25, 0.3) is 0 Å². The summed E-state index contributed by atoms with van der Waals surface area (Å²) < 4.78 is 5.36. The summed E-state index contributed by atoms with van der Waals surface area (Å²) in [4.78, 5) is 0. The molecule has 0 saturated carbocycles. The van der Waals surface area contributed by atoms with Gasteiger partial charge in [0.1, 0.15) is 12.4 Å². The van der Waals surface area contributed by atoms with Gasteiger partial charge in [-0.05, 0) is 6.07 Å². The lowest BCUT2D eigenvalue weighted by atomic mass is 10.2. The molecule has 0 bridgehead atoms. The van der Waals surface area contributed by atoms with Gasteiger partial charge in [0, 0.05) is 12.0 Å². The predicted molar refractivity (Wildman–Crippen MR) is 45.0 cm³/mol. The van der Waals surface area contributed by atoms with Crippen LogP contribution < -0.4 is 4.74 Å². The van der Waals surface area contributed by atoms with Gasteiger partial charge in [0.15, 0.2) is 0 Å². The van der Waals surface area contributed by atoms with Gasteiger partial charge in [-0.25, -0.2) is 0 Å². The van der Waals surface area contributed by atoms with Crippen LogP contribution in [0.15, 0.2) is 30.3 Å². The zero-order chi connectivity index (χ0) is 7.52. The lowest BCUT2D eigenvalue weighted by Gasteiger charge is -2.03. The highest BCUT2D eigenvalue weighted by atomic mass is 16.5. The molecule has 1 aliphatic heterocycles. The summed E-state index contributed by atoms with van der Waals surface area (Å²) in [5, 5.41) is 0. The van der Waals surface area contributed by atoms with E-state index < -0.39 is 0 Å². The molecule has 1 heterocycles. The van der Waals surface area contributed by atoms with E-state index in [0.717, 1.165) is 17.7 Å². The number of ether oxygens (including phenoxy) is 1. The maximum atomic E-state index is 5.36. The van der Waals surface area contributed by atoms with Gasteiger partial charge in [-0.3, -0.25) is 0 Å². The molecular formula is C10H9O. The third kappa shape index (κ3) is 1.27. The van der Waals surface area contributed by atoms with Crippen LogP contribution in [-0.4, -0.2) is 0 Å². The summed E-state index contributed by atoms with van der Waals surface area (Å²) in [6.45, 7) is 1.81. The Morgan fingerprint density at radius 2 is 2.09 bits per heavy atom. The van der Waals surface area contributed by atoms with E-state index in [1.165, 1.54) is 0 Å². The fraction of sp³-hybridized carbons (Fsp3) is 0.100. The fourth-order valence-corrected chi connectivity index (χ4v) is 1.11. The van der Waals surface area contributed by atoms with E-state index in [2.05, 4.69) is 12.2 Å². The van der Waals surface area contributed by atoms with E-state index in [1.54, 1.807) is 0 Å². The van der Waals surface area contributed by atoms with Crippen molar-refractivity contribution in [3.63, 3.8) is 0 Å². The first-order valence-corrected chi connectivity index (χ1v) is 3.71. The van der Waals surface area contributed by atoms with E-state index in [-0.39, 0.29) is 0 Å². The Labute approximate surface area is 66.3 Å². The standard InChI is InChI=1S/C10H9O/c1-2-7-10-9(5-1)6-3-4-8-11-10/h1-3,5-8H,4H2. The van der Waals surface area contributed by atoms with Gasteiger partial charge in [-0.1, -0.05) is 30.4 Å². The van der Waals surface area contributed by atoms with Crippen molar-refractivity contribution in [1.82, 2.24) is 0 Å². The second-order valence-corrected chi connectivity index (χ2v) is 2.46. The Balaban J connectivity index is 2.45. The molecule has 0 aromatic heterocycles. The van der Waals surface area contributed by atoms with E-state index in [0.29, 0.717) is 0 Å². The molecule has 1 nitrogen and oxygen atoms in total. The highest BCUT2D eigenvalue weighted by molar-refractivity contribution is 5.58. The Bertz CT molecular complexity index is 276. The predicted octanol–water partition coefficient (Wildman–Crippen LogP) is 2.64. The Morgan fingerprint density at radius 1 is 1.18 bits per heavy atom. The zero-order valence-electron chi connectivity index (χ0n) is 6.16. The zero-order valence-corrected chi connectivity index (χ0v) is 6.16. The molecule has 0 fully saturated rings. The Kier molecular flexibility index (Phi) is 1.64. The molecule has 1 aliphatic rings. The van der Waals surface area contributed by atoms with Crippen molar-refractivity contribution < 1.29 is 4.74 Å². The molecule has 0 amide bonds. The maximum Gasteiger partial charge on any atom is 0.139 e. The van der Waals surface area contributed by atoms with Crippen molar-refractivity contribution in [3.8, 4) is 5.75 Å². The SMILES string of the molecule is [CH]1CC=Cc2ccccc2O1. The number of rotatable bonds is 0. The van der Waals surface area contributed by atoms with Gasteiger partial charge < -0.3 is 4.74 Å². The number of para-hydroxylation sites is 1. The van der Waals surface area contributed by atoms with Crippen LogP contribution in [0.5, 0.6) is 5.75 Å². The van der Waals surface area contributed by atoms with Crippen molar-refractivity contribution in [2.75, 3.05) is 0 Å². The minimum atomic E-state index is 0.884. The normalized spacial score (nSPS) is 14.9. The van der Waals surface area contributed by atoms with Gasteiger partial charge in [-0.2, -0.15) is 0 Å². The monoisotopic (exact) mass is 145 g/mol. The average Bonchev–Trinajstić information content (AvgIpc) is 2.28. The van der Waals surface area contributed by atoms with Gasteiger partial charge in [0.05, 0.1) is 0 Å². The minimum absolute atomic E-state index is 0.884. The Hall–Kier alpha value is -1.24. The first-order chi connectivity index (χ1) is 5.47. The fourth-order valence-electron chi connectivity index (χ4n) is 1.11. The molecule has 0 atom stereocenters. The highest BCUT2D eigenvalue weighted by Gasteiger charge is 2.01. The number of hydrogen-bond acceptors (Lipinski definition) is 1. The molecule has 1 aromatic rings. The molecule has 2 rings (SSSR count). The summed E-state index contributed by atoms with van der Waals surface area (Å²) in [5.41, 5.74) is 1.15. The maximum absolute atomic E-state index is 5.36. The average molecular weight is 145 g/mol. The molecule has 0 N–H and O–H groups in total. The van der Waals surface area contributed by atoms with Crippen LogP contribution in [0.25, 0.3) is 6.08 Å². The first kappa shape index (κ1) is 6.47. The van der Waals surface area contributed by atoms with Crippen molar-refractivity contribution in [2.24, 2.45) is 0 Å². The minimum Gasteiger partial charge on any atom is -0.486 e. The van der Waals surface area contributed by atoms with E-state index in [4.69, 9.17) is 4.74 Å². The van der Waals surface area contributed by atoms with Gasteiger partial charge in [0.2, 0.25) is 0 Å². The van der Waals surface area contributed by atoms with E-state index in [9.17, 15) is 0 Å². The smallest absolute Gasteiger partial charge is 0.139 e. The summed E-state index contributed by atoms with van der Waals surface area (Å²) in [7, 11) is 0. The number of fused-ring (bicyclic) bond motifs is 1. The largest absolute Gasteiger partial charge is 0.486 e. The molecule has 55 valence electrons. The molecule has 1 aromatic carbocycles. The molecule has 11 heavy (non-hydrogen) atoms. The quantitative estimate of drug-likeness (QED) is 0.545. The first-order valence-electron chi connectivity index (χ1n) is 3.71. The van der Waals surface area contributed by atoms with Crippen LogP contribution in [0.3, 0.4) is 0 Å². The molecule has 1 radical (unpaired) electrons. The second-order valence-electron chi connectivity index (χ2n) is 2.46. The van der Waals surface area contributed by atoms with Gasteiger partial charge >= 0.3 is 0 Å². The van der Waals surface area contributed by atoms with Crippen LogP contribution in [0.4, 0.5) is 0 Å². The van der Waals surface area contributed by atoms with Crippen molar-refractivity contribution in [3.05, 3.63) is 42.5 Å². The van der Waals surface area contributed by atoms with Crippen LogP contribution in [0.1, 0.15) is 12.0 Å². The highest BCUT2D eigenvalue weighted by Crippen LogP contribution is 2.22.